The van der Waals surface area contributed by atoms with Crippen LogP contribution in [0.25, 0.3) is 10.6 Å². The number of para-hydroxylation sites is 2. The molecule has 0 aliphatic rings. The van der Waals surface area contributed by atoms with E-state index in [1.807, 2.05) is 22.9 Å². The van der Waals surface area contributed by atoms with Crippen LogP contribution >= 0.6 is 22.7 Å². The number of rotatable bonds is 6. The van der Waals surface area contributed by atoms with Gasteiger partial charge < -0.3 is 4.42 Å². The summed E-state index contributed by atoms with van der Waals surface area (Å²) in [5.74, 6) is -0.204. The Balaban J connectivity index is 1.83. The molecule has 0 saturated carbocycles. The highest BCUT2D eigenvalue weighted by Gasteiger charge is 2.14. The molecule has 0 aliphatic heterocycles. The molecule has 0 N–H and O–H groups in total. The van der Waals surface area contributed by atoms with E-state index >= 15 is 0 Å². The first-order valence-electron chi connectivity index (χ1n) is 8.34. The van der Waals surface area contributed by atoms with Crippen molar-refractivity contribution in [2.45, 2.75) is 0 Å². The van der Waals surface area contributed by atoms with Crippen molar-refractivity contribution in [3.63, 3.8) is 0 Å². The molecule has 0 spiro atoms. The average Bonchev–Trinajstić information content (AvgIpc) is 3.47. The molecule has 12 heteroatoms. The largest absolute Gasteiger partial charge is 0.433 e. The highest BCUT2D eigenvalue weighted by atomic mass is 32.1. The van der Waals surface area contributed by atoms with E-state index in [0.29, 0.717) is 4.80 Å². The molecular formula is C18H11N5O5S2. The van der Waals surface area contributed by atoms with Crippen molar-refractivity contribution >= 4 is 46.1 Å². The molecule has 3 aromatic heterocycles. The van der Waals surface area contributed by atoms with Crippen molar-refractivity contribution in [3.8, 4) is 10.6 Å². The predicted molar refractivity (Wildman–Crippen MR) is 112 cm³/mol. The van der Waals surface area contributed by atoms with Gasteiger partial charge in [0, 0.05) is 11.4 Å². The topological polar surface area (TPSA) is 129 Å². The van der Waals surface area contributed by atoms with Crippen LogP contribution in [-0.2, 0) is 0 Å². The summed E-state index contributed by atoms with van der Waals surface area (Å²) in [6.07, 6.45) is 1.33. The third kappa shape index (κ3) is 3.94. The molecule has 0 unspecified atom stereocenters. The normalized spacial score (nSPS) is 11.9. The first-order valence-corrected chi connectivity index (χ1v) is 10.1. The average molecular weight is 441 g/mol. The van der Waals surface area contributed by atoms with E-state index in [0.717, 1.165) is 10.6 Å². The van der Waals surface area contributed by atoms with Crippen LogP contribution in [0.4, 0.5) is 17.3 Å². The second-order valence-corrected chi connectivity index (χ2v) is 7.51. The lowest BCUT2D eigenvalue weighted by molar-refractivity contribution is -0.402. The molecule has 0 fully saturated rings. The van der Waals surface area contributed by atoms with E-state index in [1.54, 1.807) is 18.2 Å². The Morgan fingerprint density at radius 1 is 1.00 bits per heavy atom. The molecule has 0 radical (unpaired) electrons. The minimum atomic E-state index is -0.637. The third-order valence-electron chi connectivity index (χ3n) is 3.85. The molecular weight excluding hydrogens is 430 g/mol. The molecule has 30 heavy (non-hydrogen) atoms. The molecule has 0 amide bonds. The number of thiophene rings is 1. The monoisotopic (exact) mass is 441 g/mol. The summed E-state index contributed by atoms with van der Waals surface area (Å²) in [5, 5.41) is 30.2. The molecule has 0 atom stereocenters. The molecule has 1 aromatic carbocycles. The minimum absolute atomic E-state index is 0.124. The summed E-state index contributed by atoms with van der Waals surface area (Å²) in [6.45, 7) is 0. The molecule has 0 saturated heterocycles. The van der Waals surface area contributed by atoms with Crippen molar-refractivity contribution in [3.05, 3.63) is 90.1 Å². The van der Waals surface area contributed by atoms with E-state index < -0.39 is 15.7 Å². The van der Waals surface area contributed by atoms with Gasteiger partial charge in [-0.25, -0.2) is 9.67 Å². The summed E-state index contributed by atoms with van der Waals surface area (Å²) < 4.78 is 6.62. The van der Waals surface area contributed by atoms with Gasteiger partial charge in [0.1, 0.15) is 10.6 Å². The van der Waals surface area contributed by atoms with Gasteiger partial charge >= 0.3 is 5.88 Å². The number of hydrogen-bond acceptors (Lipinski definition) is 9. The fraction of sp³-hybridized carbons (Fsp3) is 0. The molecule has 3 heterocycles. The standard InChI is InChI=1S/C18H11N5O5S2/c24-22(25)14-5-2-1-4-13(14)20-18-21(15(11-30-18)16-6-3-9-29-16)19-10-12-7-8-17(28-12)23(26)27/h1-11H. The number of furan rings is 1. The van der Waals surface area contributed by atoms with Crippen molar-refractivity contribution in [1.82, 2.24) is 4.68 Å². The lowest BCUT2D eigenvalue weighted by Gasteiger charge is -2.01. The van der Waals surface area contributed by atoms with Crippen LogP contribution in [0.2, 0.25) is 0 Å². The van der Waals surface area contributed by atoms with Crippen LogP contribution in [0, 0.1) is 20.2 Å². The maximum atomic E-state index is 11.3. The number of aromatic nitrogens is 1. The van der Waals surface area contributed by atoms with Crippen molar-refractivity contribution in [2.75, 3.05) is 0 Å². The smallest absolute Gasteiger partial charge is 0.400 e. The summed E-state index contributed by atoms with van der Waals surface area (Å²) >= 11 is 2.76. The van der Waals surface area contributed by atoms with E-state index in [4.69, 9.17) is 4.42 Å². The van der Waals surface area contributed by atoms with Gasteiger partial charge in [0.25, 0.3) is 5.69 Å². The van der Waals surface area contributed by atoms with Crippen LogP contribution in [0.3, 0.4) is 0 Å². The van der Waals surface area contributed by atoms with Crippen molar-refractivity contribution in [2.24, 2.45) is 10.1 Å². The van der Waals surface area contributed by atoms with E-state index in [1.165, 1.54) is 51.8 Å². The fourth-order valence-corrected chi connectivity index (χ4v) is 4.17. The van der Waals surface area contributed by atoms with Gasteiger partial charge in [0.15, 0.2) is 5.76 Å². The van der Waals surface area contributed by atoms with Gasteiger partial charge in [-0.1, -0.05) is 18.2 Å². The SMILES string of the molecule is O=[N+]([O-])c1ccc(C=Nn2c(-c3cccs3)csc2=Nc2ccccc2[N+](=O)[O-])o1. The van der Waals surface area contributed by atoms with Crippen LogP contribution in [0.1, 0.15) is 5.76 Å². The minimum Gasteiger partial charge on any atom is -0.400 e. The fourth-order valence-electron chi connectivity index (χ4n) is 2.52. The molecule has 4 rings (SSSR count). The lowest BCUT2D eigenvalue weighted by atomic mass is 10.3. The maximum Gasteiger partial charge on any atom is 0.433 e. The van der Waals surface area contributed by atoms with Crippen LogP contribution in [0.5, 0.6) is 0 Å². The number of nitro benzene ring substituents is 1. The third-order valence-corrected chi connectivity index (χ3v) is 5.56. The number of nitrogens with zero attached hydrogens (tertiary/aromatic N) is 5. The van der Waals surface area contributed by atoms with Crippen LogP contribution in [0.15, 0.2) is 73.8 Å². The van der Waals surface area contributed by atoms with Gasteiger partial charge in [0.05, 0.1) is 27.8 Å². The molecule has 0 aliphatic carbocycles. The Morgan fingerprint density at radius 3 is 2.53 bits per heavy atom. The first-order chi connectivity index (χ1) is 14.5. The Morgan fingerprint density at radius 2 is 1.83 bits per heavy atom. The number of thiazole rings is 1. The zero-order valence-corrected chi connectivity index (χ0v) is 16.6. The zero-order chi connectivity index (χ0) is 21.1. The van der Waals surface area contributed by atoms with E-state index in [2.05, 4.69) is 10.1 Å². The maximum absolute atomic E-state index is 11.3. The Bertz CT molecular complexity index is 1320. The summed E-state index contributed by atoms with van der Waals surface area (Å²) in [5.41, 5.74) is 0.796. The van der Waals surface area contributed by atoms with Gasteiger partial charge in [-0.3, -0.25) is 20.2 Å². The number of nitro groups is 2. The highest BCUT2D eigenvalue weighted by Crippen LogP contribution is 2.28. The Labute approximate surface area is 176 Å². The van der Waals surface area contributed by atoms with E-state index in [9.17, 15) is 20.2 Å². The summed E-state index contributed by atoms with van der Waals surface area (Å²) in [7, 11) is 0. The second-order valence-electron chi connectivity index (χ2n) is 5.73. The van der Waals surface area contributed by atoms with E-state index in [-0.39, 0.29) is 17.1 Å². The Kier molecular flexibility index (Phi) is 5.32. The van der Waals surface area contributed by atoms with Gasteiger partial charge in [-0.15, -0.1) is 22.7 Å². The molecule has 10 nitrogen and oxygen atoms in total. The molecule has 0 bridgehead atoms. The first kappa shape index (κ1) is 19.4. The van der Waals surface area contributed by atoms with Crippen LogP contribution < -0.4 is 4.80 Å². The zero-order valence-electron chi connectivity index (χ0n) is 14.9. The molecule has 150 valence electrons. The van der Waals surface area contributed by atoms with Crippen molar-refractivity contribution < 1.29 is 14.3 Å². The van der Waals surface area contributed by atoms with Gasteiger partial charge in [0.2, 0.25) is 4.80 Å². The van der Waals surface area contributed by atoms with Gasteiger partial charge in [-0.05, 0) is 23.6 Å². The van der Waals surface area contributed by atoms with Crippen LogP contribution in [-0.4, -0.2) is 20.7 Å². The Hall–Kier alpha value is -3.90. The lowest BCUT2D eigenvalue weighted by Crippen LogP contribution is -2.11. The molecule has 4 aromatic rings. The summed E-state index contributed by atoms with van der Waals surface area (Å²) in [6, 6.07) is 12.6. The number of benzene rings is 1. The predicted octanol–water partition coefficient (Wildman–Crippen LogP) is 4.80. The quantitative estimate of drug-likeness (QED) is 0.241. The van der Waals surface area contributed by atoms with Crippen molar-refractivity contribution in [1.29, 1.82) is 0 Å². The van der Waals surface area contributed by atoms with Gasteiger partial charge in [-0.2, -0.15) is 5.10 Å². The second kappa shape index (κ2) is 8.23. The summed E-state index contributed by atoms with van der Waals surface area (Å²) in [4.78, 5) is 26.7. The number of hydrogen-bond donors (Lipinski definition) is 0. The highest BCUT2D eigenvalue weighted by molar-refractivity contribution is 7.14.